The van der Waals surface area contributed by atoms with E-state index in [-0.39, 0.29) is 24.7 Å². The predicted molar refractivity (Wildman–Crippen MR) is 150 cm³/mol. The molecular formula is C32H33N3O4. The summed E-state index contributed by atoms with van der Waals surface area (Å²) in [4.78, 5) is 27.7. The highest BCUT2D eigenvalue weighted by molar-refractivity contribution is 5.96. The van der Waals surface area contributed by atoms with Crippen LogP contribution in [0.4, 0.5) is 5.69 Å². The SMILES string of the molecule is O=C(O)CCCC(=O)c1ccc(NC(c2ccc(-c3noc(-c4ccccc4)n3)cc2)C2CCCCC2)cc1. The van der Waals surface area contributed by atoms with Gasteiger partial charge in [0.05, 0.1) is 6.04 Å². The van der Waals surface area contributed by atoms with Crippen molar-refractivity contribution in [1.29, 1.82) is 0 Å². The first-order valence-electron chi connectivity index (χ1n) is 13.7. The first kappa shape index (κ1) is 26.4. The first-order chi connectivity index (χ1) is 19.1. The number of carboxylic acids is 1. The third-order valence-corrected chi connectivity index (χ3v) is 7.42. The van der Waals surface area contributed by atoms with Crippen LogP contribution in [0, 0.1) is 5.92 Å². The zero-order valence-corrected chi connectivity index (χ0v) is 21.9. The molecule has 1 saturated carbocycles. The van der Waals surface area contributed by atoms with E-state index >= 15 is 0 Å². The van der Waals surface area contributed by atoms with Crippen LogP contribution >= 0.6 is 0 Å². The molecule has 3 aromatic carbocycles. The number of hydrogen-bond acceptors (Lipinski definition) is 6. The zero-order chi connectivity index (χ0) is 27.0. The maximum Gasteiger partial charge on any atom is 0.303 e. The van der Waals surface area contributed by atoms with Crippen LogP contribution in [-0.4, -0.2) is 27.0 Å². The summed E-state index contributed by atoms with van der Waals surface area (Å²) < 4.78 is 5.49. The second kappa shape index (κ2) is 12.5. The van der Waals surface area contributed by atoms with Crippen LogP contribution in [0.3, 0.4) is 0 Å². The Kier molecular flexibility index (Phi) is 8.46. The average molecular weight is 524 g/mol. The zero-order valence-electron chi connectivity index (χ0n) is 21.9. The summed E-state index contributed by atoms with van der Waals surface area (Å²) >= 11 is 0. The topological polar surface area (TPSA) is 105 Å². The second-order valence-electron chi connectivity index (χ2n) is 10.2. The van der Waals surface area contributed by atoms with Gasteiger partial charge in [-0.25, -0.2) is 0 Å². The Bertz CT molecular complexity index is 1380. The number of carbonyl (C=O) groups is 2. The van der Waals surface area contributed by atoms with Gasteiger partial charge in [0.2, 0.25) is 5.82 Å². The van der Waals surface area contributed by atoms with Gasteiger partial charge in [0.25, 0.3) is 5.89 Å². The maximum absolute atomic E-state index is 12.4. The fourth-order valence-electron chi connectivity index (χ4n) is 5.30. The van der Waals surface area contributed by atoms with Gasteiger partial charge in [-0.05, 0) is 67.1 Å². The van der Waals surface area contributed by atoms with Gasteiger partial charge in [-0.15, -0.1) is 0 Å². The monoisotopic (exact) mass is 523 g/mol. The highest BCUT2D eigenvalue weighted by Crippen LogP contribution is 2.37. The lowest BCUT2D eigenvalue weighted by Gasteiger charge is -2.32. The number of carbonyl (C=O) groups excluding carboxylic acids is 1. The molecule has 0 amide bonds. The highest BCUT2D eigenvalue weighted by Gasteiger charge is 2.25. The van der Waals surface area contributed by atoms with Gasteiger partial charge in [0.15, 0.2) is 5.78 Å². The fourth-order valence-corrected chi connectivity index (χ4v) is 5.30. The first-order valence-corrected chi connectivity index (χ1v) is 13.7. The number of benzene rings is 3. The minimum absolute atomic E-state index is 0.00808. The van der Waals surface area contributed by atoms with Gasteiger partial charge >= 0.3 is 5.97 Å². The van der Waals surface area contributed by atoms with E-state index in [1.54, 1.807) is 0 Å². The average Bonchev–Trinajstić information content (AvgIpc) is 3.48. The van der Waals surface area contributed by atoms with E-state index in [0.29, 0.717) is 29.6 Å². The Morgan fingerprint density at radius 1 is 0.872 bits per heavy atom. The third kappa shape index (κ3) is 6.79. The quantitative estimate of drug-likeness (QED) is 0.195. The molecule has 4 aromatic rings. The lowest BCUT2D eigenvalue weighted by Crippen LogP contribution is -2.23. The van der Waals surface area contributed by atoms with E-state index in [2.05, 4.69) is 27.6 Å². The van der Waals surface area contributed by atoms with Crippen LogP contribution in [0.15, 0.2) is 83.4 Å². The van der Waals surface area contributed by atoms with E-state index < -0.39 is 5.97 Å². The van der Waals surface area contributed by atoms with Crippen molar-refractivity contribution in [3.63, 3.8) is 0 Å². The molecule has 39 heavy (non-hydrogen) atoms. The lowest BCUT2D eigenvalue weighted by molar-refractivity contribution is -0.137. The van der Waals surface area contributed by atoms with Crippen molar-refractivity contribution in [1.82, 2.24) is 10.1 Å². The van der Waals surface area contributed by atoms with Crippen molar-refractivity contribution in [3.05, 3.63) is 90.0 Å². The maximum atomic E-state index is 12.4. The molecule has 7 nitrogen and oxygen atoms in total. The molecule has 1 unspecified atom stereocenters. The van der Waals surface area contributed by atoms with Crippen molar-refractivity contribution in [3.8, 4) is 22.8 Å². The number of aromatic nitrogens is 2. The summed E-state index contributed by atoms with van der Waals surface area (Å²) in [6.07, 6.45) is 6.69. The summed E-state index contributed by atoms with van der Waals surface area (Å²) in [7, 11) is 0. The number of aliphatic carboxylic acids is 1. The number of rotatable bonds is 11. The standard InChI is InChI=1S/C32H33N3O4/c36-28(12-7-13-29(37)38)22-18-20-27(21-19-22)33-30(23-8-3-1-4-9-23)24-14-16-25(17-15-24)31-34-32(39-35-31)26-10-5-2-6-11-26/h2,5-6,10-11,14-21,23,30,33H,1,3-4,7-9,12-13H2,(H,37,38). The third-order valence-electron chi connectivity index (χ3n) is 7.42. The summed E-state index contributed by atoms with van der Waals surface area (Å²) in [6.45, 7) is 0. The largest absolute Gasteiger partial charge is 0.481 e. The Morgan fingerprint density at radius 3 is 2.28 bits per heavy atom. The van der Waals surface area contributed by atoms with E-state index in [1.165, 1.54) is 37.7 Å². The number of ketones is 1. The summed E-state index contributed by atoms with van der Waals surface area (Å²) in [5, 5.41) is 16.7. The Labute approximate surface area is 228 Å². The predicted octanol–water partition coefficient (Wildman–Crippen LogP) is 7.57. The Balaban J connectivity index is 1.30. The van der Waals surface area contributed by atoms with E-state index in [4.69, 9.17) is 9.63 Å². The van der Waals surface area contributed by atoms with Crippen LogP contribution in [0.25, 0.3) is 22.8 Å². The number of nitrogens with one attached hydrogen (secondary N) is 1. The van der Waals surface area contributed by atoms with E-state index in [0.717, 1.165) is 16.8 Å². The van der Waals surface area contributed by atoms with Gasteiger partial charge in [0, 0.05) is 35.2 Å². The van der Waals surface area contributed by atoms with Crippen LogP contribution in [0.1, 0.15) is 73.3 Å². The molecule has 0 spiro atoms. The van der Waals surface area contributed by atoms with Crippen molar-refractivity contribution < 1.29 is 19.2 Å². The molecule has 1 aliphatic rings. The smallest absolute Gasteiger partial charge is 0.303 e. The number of anilines is 1. The van der Waals surface area contributed by atoms with E-state index in [9.17, 15) is 9.59 Å². The normalized spacial score (nSPS) is 14.6. The van der Waals surface area contributed by atoms with Gasteiger partial charge in [-0.3, -0.25) is 9.59 Å². The fraction of sp³-hybridized carbons (Fsp3) is 0.312. The molecule has 7 heteroatoms. The lowest BCUT2D eigenvalue weighted by atomic mass is 9.81. The molecule has 1 atom stereocenters. The van der Waals surface area contributed by atoms with Gasteiger partial charge in [-0.2, -0.15) is 4.98 Å². The molecule has 0 radical (unpaired) electrons. The van der Waals surface area contributed by atoms with Crippen LogP contribution in [0.5, 0.6) is 0 Å². The van der Waals surface area contributed by atoms with Crippen molar-refractivity contribution in [2.75, 3.05) is 5.32 Å². The van der Waals surface area contributed by atoms with Crippen molar-refractivity contribution in [2.24, 2.45) is 5.92 Å². The van der Waals surface area contributed by atoms with Crippen molar-refractivity contribution in [2.45, 2.75) is 57.4 Å². The van der Waals surface area contributed by atoms with Gasteiger partial charge < -0.3 is 14.9 Å². The van der Waals surface area contributed by atoms with Gasteiger partial charge in [-0.1, -0.05) is 66.9 Å². The molecule has 0 bridgehead atoms. The summed E-state index contributed by atoms with van der Waals surface area (Å²) in [5.41, 5.74) is 4.56. The molecule has 1 fully saturated rings. The highest BCUT2D eigenvalue weighted by atomic mass is 16.5. The van der Waals surface area contributed by atoms with Crippen LogP contribution in [-0.2, 0) is 4.79 Å². The summed E-state index contributed by atoms with van der Waals surface area (Å²) in [5.74, 6) is 0.667. The van der Waals surface area contributed by atoms with Crippen LogP contribution < -0.4 is 5.32 Å². The molecule has 5 rings (SSSR count). The molecule has 200 valence electrons. The number of hydrogen-bond donors (Lipinski definition) is 2. The molecule has 0 aliphatic heterocycles. The minimum atomic E-state index is -0.877. The van der Waals surface area contributed by atoms with E-state index in [1.807, 2.05) is 66.7 Å². The molecule has 2 N–H and O–H groups in total. The second-order valence-corrected chi connectivity index (χ2v) is 10.2. The molecule has 1 aliphatic carbocycles. The van der Waals surface area contributed by atoms with Gasteiger partial charge in [0.1, 0.15) is 0 Å². The molecular weight excluding hydrogens is 490 g/mol. The minimum Gasteiger partial charge on any atom is -0.481 e. The number of nitrogens with zero attached hydrogens (tertiary/aromatic N) is 2. The summed E-state index contributed by atoms with van der Waals surface area (Å²) in [6, 6.07) is 25.8. The Morgan fingerprint density at radius 2 is 1.59 bits per heavy atom. The number of carboxylic acid groups (broad SMARTS) is 1. The molecule has 1 aromatic heterocycles. The number of Topliss-reactive ketones (excluding diaryl/α,β-unsaturated/α-hetero) is 1. The van der Waals surface area contributed by atoms with Crippen LogP contribution in [0.2, 0.25) is 0 Å². The molecule has 1 heterocycles. The Hall–Kier alpha value is -4.26. The van der Waals surface area contributed by atoms with Crippen molar-refractivity contribution >= 4 is 17.4 Å². The molecule has 0 saturated heterocycles.